The summed E-state index contributed by atoms with van der Waals surface area (Å²) < 4.78 is 153. The molecule has 26 heteroatoms. The lowest BCUT2D eigenvalue weighted by Gasteiger charge is -2.47. The number of carboxylic acids is 1. The van der Waals surface area contributed by atoms with E-state index in [2.05, 4.69) is 16.7 Å². The minimum Gasteiger partial charge on any atom is -0.477 e. The summed E-state index contributed by atoms with van der Waals surface area (Å²) in [7, 11) is -21.9. The maximum atomic E-state index is 11.9. The van der Waals surface area contributed by atoms with E-state index in [1.165, 1.54) is 0 Å². The highest BCUT2D eigenvalue weighted by molar-refractivity contribution is 7.81. The summed E-state index contributed by atoms with van der Waals surface area (Å²) in [6.07, 6.45) is -11.8. The van der Waals surface area contributed by atoms with Gasteiger partial charge in [-0.1, -0.05) is 0 Å². The van der Waals surface area contributed by atoms with E-state index in [1.54, 1.807) is 0 Å². The van der Waals surface area contributed by atoms with E-state index in [0.717, 1.165) is 6.92 Å². The monoisotopic (exact) mass is 643 g/mol. The van der Waals surface area contributed by atoms with E-state index in [9.17, 15) is 52.9 Å². The Bertz CT molecular complexity index is 1310. The van der Waals surface area contributed by atoms with Gasteiger partial charge in [-0.2, -0.15) is 33.7 Å². The first-order chi connectivity index (χ1) is 16.9. The van der Waals surface area contributed by atoms with Gasteiger partial charge in [0.15, 0.2) is 0 Å². The number of ether oxygens (including phenoxy) is 2. The molecule has 0 aromatic heterocycles. The fraction of sp³-hybridized carbons (Fsp3) is 0.833. The first kappa shape index (κ1) is 34.4. The molecule has 1 rings (SSSR count). The Balaban J connectivity index is 3.94. The Morgan fingerprint density at radius 3 is 1.84 bits per heavy atom. The van der Waals surface area contributed by atoms with Gasteiger partial charge in [-0.25, -0.2) is 21.5 Å². The van der Waals surface area contributed by atoms with Crippen LogP contribution in [0.15, 0.2) is 0 Å². The van der Waals surface area contributed by atoms with Crippen LogP contribution in [0.2, 0.25) is 0 Å². The predicted molar refractivity (Wildman–Crippen MR) is 111 cm³/mol. The number of carbonyl (C=O) groups is 2. The second-order valence-corrected chi connectivity index (χ2v) is 11.3. The van der Waals surface area contributed by atoms with Crippen molar-refractivity contribution in [1.29, 1.82) is 0 Å². The molecule has 38 heavy (non-hydrogen) atoms. The van der Waals surface area contributed by atoms with E-state index in [-0.39, 0.29) is 0 Å². The Kier molecular flexibility index (Phi) is 11.1. The third-order valence-electron chi connectivity index (χ3n) is 4.37. The van der Waals surface area contributed by atoms with Crippen LogP contribution in [-0.4, -0.2) is 119 Å². The van der Waals surface area contributed by atoms with Gasteiger partial charge in [-0.15, -0.1) is 0 Å². The molecule has 1 saturated heterocycles. The zero-order chi connectivity index (χ0) is 29.9. The number of carbonyl (C=O) groups excluding carboxylic acids is 1. The van der Waals surface area contributed by atoms with E-state index in [1.807, 2.05) is 5.32 Å². The zero-order valence-corrected chi connectivity index (χ0v) is 22.0. The molecular formula is C12H21NO21S4. The molecule has 0 aromatic carbocycles. The van der Waals surface area contributed by atoms with Gasteiger partial charge in [-0.3, -0.25) is 23.0 Å². The van der Waals surface area contributed by atoms with Crippen LogP contribution in [0, 0.1) is 0 Å². The third-order valence-corrected chi connectivity index (χ3v) is 6.25. The second kappa shape index (κ2) is 12.2. The molecule has 1 amide bonds. The van der Waals surface area contributed by atoms with Crippen molar-refractivity contribution in [3.8, 4) is 0 Å². The normalized spacial score (nSPS) is 26.8. The fourth-order valence-electron chi connectivity index (χ4n) is 3.19. The molecule has 6 N–H and O–H groups in total. The molecular weight excluding hydrogens is 622 g/mol. The van der Waals surface area contributed by atoms with E-state index >= 15 is 0 Å². The average Bonchev–Trinajstić information content (AvgIpc) is 2.67. The lowest BCUT2D eigenvalue weighted by molar-refractivity contribution is -0.299. The summed E-state index contributed by atoms with van der Waals surface area (Å²) in [6.45, 7) is -1.02. The van der Waals surface area contributed by atoms with Gasteiger partial charge < -0.3 is 19.9 Å². The van der Waals surface area contributed by atoms with Gasteiger partial charge >= 0.3 is 47.6 Å². The lowest BCUT2D eigenvalue weighted by atomic mass is 9.88. The van der Waals surface area contributed by atoms with Crippen molar-refractivity contribution >= 4 is 53.5 Å². The zero-order valence-electron chi connectivity index (χ0n) is 18.7. The van der Waals surface area contributed by atoms with Gasteiger partial charge in [0.05, 0.1) is 12.6 Å². The number of nitrogens with one attached hydrogen (secondary N) is 1. The summed E-state index contributed by atoms with van der Waals surface area (Å²) in [5.41, 5.74) is 0. The van der Waals surface area contributed by atoms with E-state index in [4.69, 9.17) is 23.1 Å². The standard InChI is InChI=1S/C12H21NO21S4/c1-5(14)13-8-6(32-36(20,21)22)3-12(29-2,11(15)16)31-10(8)9(34-38(26,27)28)7(33-37(23,24)25)4-30-35(17,18)19/h6-10H,3-4H2,1-2H3,(H,13,14)(H,15,16)(H,17,18,19)(H,20,21,22)(H,23,24,25)(H,26,27,28)/t6-,7+,8+,9+,10+,12+/m0/s1. The van der Waals surface area contributed by atoms with Crippen molar-refractivity contribution in [3.63, 3.8) is 0 Å². The minimum atomic E-state index is -5.81. The quantitative estimate of drug-likeness (QED) is 0.0984. The minimum absolute atomic E-state index is 0.653. The smallest absolute Gasteiger partial charge is 0.397 e. The van der Waals surface area contributed by atoms with Gasteiger partial charge in [0.25, 0.3) is 5.79 Å². The van der Waals surface area contributed by atoms with Crippen LogP contribution in [0.5, 0.6) is 0 Å². The topological polar surface area (TPSA) is 339 Å². The molecule has 224 valence electrons. The second-order valence-electron chi connectivity index (χ2n) is 7.10. The van der Waals surface area contributed by atoms with E-state index < -0.39 is 103 Å². The maximum absolute atomic E-state index is 11.9. The highest BCUT2D eigenvalue weighted by Gasteiger charge is 2.58. The molecule has 0 aromatic rings. The van der Waals surface area contributed by atoms with Gasteiger partial charge in [0.1, 0.15) is 24.4 Å². The molecule has 0 unspecified atom stereocenters. The summed E-state index contributed by atoms with van der Waals surface area (Å²) in [6, 6.07) is -2.18. The molecule has 0 saturated carbocycles. The molecule has 0 bridgehead atoms. The first-order valence-electron chi connectivity index (χ1n) is 9.20. The number of aliphatic carboxylic acids is 1. The van der Waals surface area contributed by atoms with Crippen LogP contribution in [0.1, 0.15) is 13.3 Å². The van der Waals surface area contributed by atoms with Crippen molar-refractivity contribution in [1.82, 2.24) is 5.32 Å². The SMILES string of the molecule is CO[C@]1(C(=O)O)C[C@H](OS(=O)(=O)O)[C@@H](NC(C)=O)[C@H]([C@H](OS(=O)(=O)O)[C@@H](COS(=O)(=O)O)OS(=O)(=O)O)O1. The van der Waals surface area contributed by atoms with Gasteiger partial charge in [0, 0.05) is 20.5 Å². The van der Waals surface area contributed by atoms with E-state index in [0.29, 0.717) is 7.11 Å². The number of amides is 1. The first-order valence-corrected chi connectivity index (χ1v) is 14.7. The van der Waals surface area contributed by atoms with Crippen LogP contribution in [0.25, 0.3) is 0 Å². The molecule has 0 spiro atoms. The summed E-state index contributed by atoms with van der Waals surface area (Å²) in [4.78, 5) is 23.7. The van der Waals surface area contributed by atoms with Crippen LogP contribution >= 0.6 is 0 Å². The van der Waals surface area contributed by atoms with Crippen molar-refractivity contribution in [2.75, 3.05) is 13.7 Å². The van der Waals surface area contributed by atoms with Crippen LogP contribution in [-0.2, 0) is 77.4 Å². The molecule has 0 radical (unpaired) electrons. The molecule has 22 nitrogen and oxygen atoms in total. The lowest BCUT2D eigenvalue weighted by Crippen LogP contribution is -2.69. The number of methoxy groups -OCH3 is 1. The van der Waals surface area contributed by atoms with Crippen LogP contribution in [0.3, 0.4) is 0 Å². The van der Waals surface area contributed by atoms with Gasteiger partial charge in [0.2, 0.25) is 5.91 Å². The Labute approximate surface area is 214 Å². The number of carboxylic acid groups (broad SMARTS) is 1. The summed E-state index contributed by atoms with van der Waals surface area (Å²) in [5, 5.41) is 11.5. The summed E-state index contributed by atoms with van der Waals surface area (Å²) >= 11 is 0. The van der Waals surface area contributed by atoms with Crippen LogP contribution < -0.4 is 5.32 Å². The van der Waals surface area contributed by atoms with Crippen molar-refractivity contribution in [2.45, 2.75) is 49.6 Å². The van der Waals surface area contributed by atoms with Crippen LogP contribution in [0.4, 0.5) is 0 Å². The molecule has 1 heterocycles. The highest BCUT2D eigenvalue weighted by atomic mass is 32.3. The third kappa shape index (κ3) is 11.2. The Hall–Kier alpha value is -1.66. The largest absolute Gasteiger partial charge is 0.477 e. The van der Waals surface area contributed by atoms with Crippen molar-refractivity contribution < 1.29 is 92.8 Å². The average molecular weight is 644 g/mol. The van der Waals surface area contributed by atoms with Crippen molar-refractivity contribution in [2.24, 2.45) is 0 Å². The number of hydrogen-bond acceptors (Lipinski definition) is 16. The highest BCUT2D eigenvalue weighted by Crippen LogP contribution is 2.36. The number of rotatable bonds is 14. The molecule has 6 atom stereocenters. The molecule has 1 aliphatic rings. The fourth-order valence-corrected chi connectivity index (χ4v) is 4.99. The molecule has 0 aliphatic carbocycles. The Morgan fingerprint density at radius 2 is 1.47 bits per heavy atom. The Morgan fingerprint density at radius 1 is 0.947 bits per heavy atom. The number of hydrogen-bond donors (Lipinski definition) is 6. The maximum Gasteiger partial charge on any atom is 0.397 e. The predicted octanol–water partition coefficient (Wildman–Crippen LogP) is -3.91. The van der Waals surface area contributed by atoms with Crippen molar-refractivity contribution in [3.05, 3.63) is 0 Å². The van der Waals surface area contributed by atoms with Gasteiger partial charge in [-0.05, 0) is 0 Å². The molecule has 1 aliphatic heterocycles. The summed E-state index contributed by atoms with van der Waals surface area (Å²) in [5.74, 6) is -6.27. The molecule has 1 fully saturated rings.